The number of carbonyl (C=O) groups is 1. The Morgan fingerprint density at radius 2 is 1.74 bits per heavy atom. The van der Waals surface area contributed by atoms with Crippen LogP contribution in [0.25, 0.3) is 0 Å². The van der Waals surface area contributed by atoms with Crippen LogP contribution in [0.2, 0.25) is 0 Å². The second kappa shape index (κ2) is 11.7. The lowest BCUT2D eigenvalue weighted by Gasteiger charge is -2.17. The minimum Gasteiger partial charge on any atom is -0.493 e. The van der Waals surface area contributed by atoms with Gasteiger partial charge >= 0.3 is 0 Å². The maximum Gasteiger partial charge on any atom is 0.253 e. The maximum atomic E-state index is 12.1. The summed E-state index contributed by atoms with van der Waals surface area (Å²) in [6.07, 6.45) is 0.759. The lowest BCUT2D eigenvalue weighted by Crippen LogP contribution is -2.38. The molecule has 0 aliphatic heterocycles. The van der Waals surface area contributed by atoms with E-state index < -0.39 is 0 Å². The first kappa shape index (κ1) is 23.9. The van der Waals surface area contributed by atoms with E-state index in [0.29, 0.717) is 41.9 Å². The highest BCUT2D eigenvalue weighted by molar-refractivity contribution is 5.94. The molecule has 0 spiro atoms. The van der Waals surface area contributed by atoms with Gasteiger partial charge in [0.25, 0.3) is 5.91 Å². The largest absolute Gasteiger partial charge is 0.493 e. The Labute approximate surface area is 184 Å². The molecule has 0 radical (unpaired) electrons. The molecule has 0 atom stereocenters. The van der Waals surface area contributed by atoms with E-state index in [2.05, 4.69) is 15.6 Å². The van der Waals surface area contributed by atoms with E-state index in [0.717, 1.165) is 17.5 Å². The van der Waals surface area contributed by atoms with Crippen LogP contribution in [0.15, 0.2) is 41.4 Å². The van der Waals surface area contributed by atoms with Gasteiger partial charge < -0.3 is 29.7 Å². The van der Waals surface area contributed by atoms with Gasteiger partial charge in [-0.25, -0.2) is 0 Å². The van der Waals surface area contributed by atoms with E-state index in [1.165, 1.54) is 0 Å². The Balaban J connectivity index is 1.96. The van der Waals surface area contributed by atoms with Crippen LogP contribution in [0.5, 0.6) is 17.2 Å². The summed E-state index contributed by atoms with van der Waals surface area (Å²) in [6.45, 7) is 1.17. The number of guanidine groups is 1. The van der Waals surface area contributed by atoms with Crippen molar-refractivity contribution in [1.29, 1.82) is 0 Å². The fourth-order valence-corrected chi connectivity index (χ4v) is 3.15. The van der Waals surface area contributed by atoms with Crippen LogP contribution in [-0.4, -0.2) is 65.8 Å². The highest BCUT2D eigenvalue weighted by Crippen LogP contribution is 2.39. The van der Waals surface area contributed by atoms with E-state index in [-0.39, 0.29) is 5.91 Å². The number of benzene rings is 2. The minimum absolute atomic E-state index is 0.00356. The van der Waals surface area contributed by atoms with Gasteiger partial charge in [-0.15, -0.1) is 0 Å². The van der Waals surface area contributed by atoms with Gasteiger partial charge in [-0.05, 0) is 36.2 Å². The molecule has 0 saturated carbocycles. The SMILES string of the molecule is CN=C(NCCc1cccc(C(=O)N(C)C)c1)NCc1ccc(OC)c(OC)c1OC. The summed E-state index contributed by atoms with van der Waals surface area (Å²) < 4.78 is 16.3. The van der Waals surface area contributed by atoms with E-state index >= 15 is 0 Å². The summed E-state index contributed by atoms with van der Waals surface area (Å²) in [4.78, 5) is 18.0. The molecule has 8 nitrogen and oxygen atoms in total. The van der Waals surface area contributed by atoms with Gasteiger partial charge in [0.2, 0.25) is 5.75 Å². The summed E-state index contributed by atoms with van der Waals surface area (Å²) in [6, 6.07) is 11.4. The number of nitrogens with zero attached hydrogens (tertiary/aromatic N) is 2. The zero-order chi connectivity index (χ0) is 22.8. The second-order valence-corrected chi connectivity index (χ2v) is 7.00. The number of hydrogen-bond donors (Lipinski definition) is 2. The van der Waals surface area contributed by atoms with Crippen molar-refractivity contribution < 1.29 is 19.0 Å². The summed E-state index contributed by atoms with van der Waals surface area (Å²) in [7, 11) is 9.99. The normalized spacial score (nSPS) is 11.0. The Bertz CT molecular complexity index is 912. The van der Waals surface area contributed by atoms with E-state index in [1.807, 2.05) is 36.4 Å². The van der Waals surface area contributed by atoms with Crippen LogP contribution in [0.3, 0.4) is 0 Å². The average Bonchev–Trinajstić information content (AvgIpc) is 2.79. The van der Waals surface area contributed by atoms with Crippen LogP contribution in [0.4, 0.5) is 0 Å². The van der Waals surface area contributed by atoms with E-state index in [4.69, 9.17) is 14.2 Å². The van der Waals surface area contributed by atoms with Crippen molar-refractivity contribution in [3.63, 3.8) is 0 Å². The predicted octanol–water partition coefficient (Wildman–Crippen LogP) is 2.32. The molecule has 0 aliphatic carbocycles. The fraction of sp³-hybridized carbons (Fsp3) is 0.391. The molecule has 0 unspecified atom stereocenters. The lowest BCUT2D eigenvalue weighted by atomic mass is 10.1. The number of carbonyl (C=O) groups excluding carboxylic acids is 1. The van der Waals surface area contributed by atoms with E-state index in [1.54, 1.807) is 47.4 Å². The van der Waals surface area contributed by atoms with Crippen LogP contribution in [-0.2, 0) is 13.0 Å². The van der Waals surface area contributed by atoms with Crippen molar-refractivity contribution in [2.75, 3.05) is 49.0 Å². The standard InChI is InChI=1S/C23H32N4O4/c1-24-23(25-13-12-16-8-7-9-17(14-16)22(28)27(2)3)26-15-18-10-11-19(29-4)21(31-6)20(18)30-5/h7-11,14H,12-13,15H2,1-6H3,(H2,24,25,26). The van der Waals surface area contributed by atoms with Crippen molar-refractivity contribution in [1.82, 2.24) is 15.5 Å². The molecule has 2 N–H and O–H groups in total. The van der Waals surface area contributed by atoms with Crippen LogP contribution < -0.4 is 24.8 Å². The van der Waals surface area contributed by atoms with Crippen LogP contribution in [0.1, 0.15) is 21.5 Å². The third-order valence-corrected chi connectivity index (χ3v) is 4.74. The molecule has 1 amide bonds. The number of ether oxygens (including phenoxy) is 3. The monoisotopic (exact) mass is 428 g/mol. The van der Waals surface area contributed by atoms with Crippen molar-refractivity contribution in [2.45, 2.75) is 13.0 Å². The highest BCUT2D eigenvalue weighted by atomic mass is 16.5. The Kier molecular flexibility index (Phi) is 8.99. The van der Waals surface area contributed by atoms with Crippen LogP contribution in [0, 0.1) is 0 Å². The topological polar surface area (TPSA) is 84.4 Å². The molecule has 8 heteroatoms. The molecular formula is C23H32N4O4. The van der Waals surface area contributed by atoms with Crippen molar-refractivity contribution in [3.8, 4) is 17.2 Å². The predicted molar refractivity (Wildman–Crippen MR) is 122 cm³/mol. The molecule has 0 aromatic heterocycles. The quantitative estimate of drug-likeness (QED) is 0.471. The number of aliphatic imine (C=N–C) groups is 1. The first-order chi connectivity index (χ1) is 14.9. The Morgan fingerprint density at radius 1 is 1.00 bits per heavy atom. The smallest absolute Gasteiger partial charge is 0.253 e. The lowest BCUT2D eigenvalue weighted by molar-refractivity contribution is 0.0827. The summed E-state index contributed by atoms with van der Waals surface area (Å²) >= 11 is 0. The third-order valence-electron chi connectivity index (χ3n) is 4.74. The van der Waals surface area contributed by atoms with Gasteiger partial charge in [0.1, 0.15) is 0 Å². The molecule has 2 aromatic carbocycles. The van der Waals surface area contributed by atoms with Gasteiger partial charge in [-0.2, -0.15) is 0 Å². The van der Waals surface area contributed by atoms with Crippen LogP contribution >= 0.6 is 0 Å². The Hall–Kier alpha value is -3.42. The van der Waals surface area contributed by atoms with Gasteiger partial charge in [0, 0.05) is 45.4 Å². The first-order valence-corrected chi connectivity index (χ1v) is 9.98. The van der Waals surface area contributed by atoms with Gasteiger partial charge in [-0.3, -0.25) is 9.79 Å². The molecule has 0 aliphatic rings. The number of amides is 1. The van der Waals surface area contributed by atoms with Gasteiger partial charge in [0.05, 0.1) is 21.3 Å². The fourth-order valence-electron chi connectivity index (χ4n) is 3.15. The van der Waals surface area contributed by atoms with Crippen molar-refractivity contribution in [2.24, 2.45) is 4.99 Å². The van der Waals surface area contributed by atoms with Gasteiger partial charge in [-0.1, -0.05) is 12.1 Å². The molecule has 0 bridgehead atoms. The molecule has 2 aromatic rings. The minimum atomic E-state index is -0.00356. The Morgan fingerprint density at radius 3 is 2.35 bits per heavy atom. The summed E-state index contributed by atoms with van der Waals surface area (Å²) in [5, 5.41) is 6.58. The van der Waals surface area contributed by atoms with Crippen molar-refractivity contribution in [3.05, 3.63) is 53.1 Å². The van der Waals surface area contributed by atoms with E-state index in [9.17, 15) is 4.79 Å². The summed E-state index contributed by atoms with van der Waals surface area (Å²) in [5.74, 6) is 2.45. The molecule has 0 fully saturated rings. The number of rotatable bonds is 9. The van der Waals surface area contributed by atoms with Crippen molar-refractivity contribution >= 4 is 11.9 Å². The number of hydrogen-bond acceptors (Lipinski definition) is 5. The highest BCUT2D eigenvalue weighted by Gasteiger charge is 2.16. The third kappa shape index (κ3) is 6.28. The van der Waals surface area contributed by atoms with Gasteiger partial charge in [0.15, 0.2) is 17.5 Å². The summed E-state index contributed by atoms with van der Waals surface area (Å²) in [5.41, 5.74) is 2.68. The molecule has 0 saturated heterocycles. The average molecular weight is 429 g/mol. The number of nitrogens with one attached hydrogen (secondary N) is 2. The molecule has 168 valence electrons. The molecule has 0 heterocycles. The molecular weight excluding hydrogens is 396 g/mol. The molecule has 2 rings (SSSR count). The zero-order valence-electron chi connectivity index (χ0n) is 19.1. The number of methoxy groups -OCH3 is 3. The second-order valence-electron chi connectivity index (χ2n) is 7.00. The first-order valence-electron chi connectivity index (χ1n) is 9.98. The molecule has 31 heavy (non-hydrogen) atoms. The maximum absolute atomic E-state index is 12.1. The zero-order valence-corrected chi connectivity index (χ0v) is 19.1.